The summed E-state index contributed by atoms with van der Waals surface area (Å²) < 4.78 is 10.6. The van der Waals surface area contributed by atoms with Gasteiger partial charge in [0.25, 0.3) is 0 Å². The molecule has 4 nitrogen and oxygen atoms in total. The molecule has 0 aromatic heterocycles. The Morgan fingerprint density at radius 1 is 1.44 bits per heavy atom. The van der Waals surface area contributed by atoms with E-state index in [9.17, 15) is 5.11 Å². The number of hydrogen-bond donors (Lipinski definition) is 2. The molecule has 2 fully saturated rings. The van der Waals surface area contributed by atoms with Crippen LogP contribution in [0.25, 0.3) is 0 Å². The number of nitrogens with one attached hydrogen (secondary N) is 1. The number of aliphatic hydroxyl groups is 1. The fourth-order valence-corrected chi connectivity index (χ4v) is 2.57. The van der Waals surface area contributed by atoms with Crippen LogP contribution >= 0.6 is 0 Å². The summed E-state index contributed by atoms with van der Waals surface area (Å²) in [5.41, 5.74) is -0.646. The highest BCUT2D eigenvalue weighted by molar-refractivity contribution is 4.88. The standard InChI is InChI=1S/C12H23NO3/c1-2-11(10-3-5-15-7-10)13-8-12(14)4-6-16-9-12/h10-11,13-14H,2-9H2,1H3. The van der Waals surface area contributed by atoms with E-state index in [1.807, 2.05) is 0 Å². The molecule has 0 spiro atoms. The fourth-order valence-electron chi connectivity index (χ4n) is 2.57. The van der Waals surface area contributed by atoms with Gasteiger partial charge in [0, 0.05) is 32.2 Å². The number of hydrogen-bond acceptors (Lipinski definition) is 4. The predicted octanol–water partition coefficient (Wildman–Crippen LogP) is 0.542. The molecule has 3 atom stereocenters. The molecule has 2 heterocycles. The van der Waals surface area contributed by atoms with E-state index in [1.54, 1.807) is 0 Å². The van der Waals surface area contributed by atoms with Crippen molar-refractivity contribution in [2.45, 2.75) is 37.8 Å². The first kappa shape index (κ1) is 12.3. The molecular weight excluding hydrogens is 206 g/mol. The molecule has 4 heteroatoms. The van der Waals surface area contributed by atoms with Gasteiger partial charge in [-0.3, -0.25) is 0 Å². The molecule has 0 saturated carbocycles. The first-order chi connectivity index (χ1) is 7.73. The summed E-state index contributed by atoms with van der Waals surface area (Å²) >= 11 is 0. The quantitative estimate of drug-likeness (QED) is 0.722. The monoisotopic (exact) mass is 229 g/mol. The molecule has 0 aliphatic carbocycles. The van der Waals surface area contributed by atoms with Gasteiger partial charge in [0.05, 0.1) is 13.2 Å². The maximum absolute atomic E-state index is 10.2. The van der Waals surface area contributed by atoms with Crippen LogP contribution in [0, 0.1) is 5.92 Å². The van der Waals surface area contributed by atoms with Crippen molar-refractivity contribution in [3.63, 3.8) is 0 Å². The van der Waals surface area contributed by atoms with Crippen molar-refractivity contribution in [3.05, 3.63) is 0 Å². The second-order valence-corrected chi connectivity index (χ2v) is 5.05. The lowest BCUT2D eigenvalue weighted by atomic mass is 9.95. The Morgan fingerprint density at radius 3 is 2.88 bits per heavy atom. The van der Waals surface area contributed by atoms with Gasteiger partial charge >= 0.3 is 0 Å². The molecule has 2 aliphatic heterocycles. The van der Waals surface area contributed by atoms with E-state index in [-0.39, 0.29) is 0 Å². The first-order valence-electron chi connectivity index (χ1n) is 6.35. The van der Waals surface area contributed by atoms with Crippen molar-refractivity contribution in [1.82, 2.24) is 5.32 Å². The van der Waals surface area contributed by atoms with Gasteiger partial charge in [-0.05, 0) is 18.8 Å². The molecule has 3 unspecified atom stereocenters. The fraction of sp³-hybridized carbons (Fsp3) is 1.00. The predicted molar refractivity (Wildman–Crippen MR) is 61.4 cm³/mol. The van der Waals surface area contributed by atoms with Gasteiger partial charge in [-0.1, -0.05) is 6.92 Å². The Kier molecular flexibility index (Phi) is 4.19. The van der Waals surface area contributed by atoms with Gasteiger partial charge in [-0.15, -0.1) is 0 Å². The minimum Gasteiger partial charge on any atom is -0.386 e. The summed E-state index contributed by atoms with van der Waals surface area (Å²) in [6.45, 7) is 5.73. The van der Waals surface area contributed by atoms with Crippen LogP contribution in [-0.4, -0.2) is 49.7 Å². The van der Waals surface area contributed by atoms with E-state index in [1.165, 1.54) is 0 Å². The Bertz CT molecular complexity index is 210. The van der Waals surface area contributed by atoms with Gasteiger partial charge in [-0.25, -0.2) is 0 Å². The third-order valence-corrected chi connectivity index (χ3v) is 3.75. The SMILES string of the molecule is CCC(NCC1(O)CCOC1)C1CCOC1. The van der Waals surface area contributed by atoms with Crippen LogP contribution < -0.4 is 5.32 Å². The van der Waals surface area contributed by atoms with Crippen molar-refractivity contribution in [2.75, 3.05) is 33.0 Å². The highest BCUT2D eigenvalue weighted by Crippen LogP contribution is 2.21. The average Bonchev–Trinajstić information content (AvgIpc) is 2.91. The van der Waals surface area contributed by atoms with Gasteiger partial charge in [0.15, 0.2) is 0 Å². The largest absolute Gasteiger partial charge is 0.386 e. The Hall–Kier alpha value is -0.160. The van der Waals surface area contributed by atoms with Crippen LogP contribution in [0.15, 0.2) is 0 Å². The summed E-state index contributed by atoms with van der Waals surface area (Å²) in [4.78, 5) is 0. The lowest BCUT2D eigenvalue weighted by molar-refractivity contribution is 0.0226. The number of rotatable bonds is 5. The maximum atomic E-state index is 10.2. The van der Waals surface area contributed by atoms with Crippen molar-refractivity contribution >= 4 is 0 Å². The molecule has 2 saturated heterocycles. The molecule has 0 amide bonds. The molecule has 16 heavy (non-hydrogen) atoms. The molecular formula is C12H23NO3. The Labute approximate surface area is 97.3 Å². The molecule has 0 aromatic carbocycles. The smallest absolute Gasteiger partial charge is 0.102 e. The molecule has 0 bridgehead atoms. The molecule has 2 rings (SSSR count). The van der Waals surface area contributed by atoms with Crippen LogP contribution in [0.1, 0.15) is 26.2 Å². The number of ether oxygens (including phenoxy) is 2. The normalized spacial score (nSPS) is 36.8. The van der Waals surface area contributed by atoms with Crippen molar-refractivity contribution in [1.29, 1.82) is 0 Å². The summed E-state index contributed by atoms with van der Waals surface area (Å²) in [6, 6.07) is 0.465. The van der Waals surface area contributed by atoms with Crippen molar-refractivity contribution in [3.8, 4) is 0 Å². The maximum Gasteiger partial charge on any atom is 0.102 e. The van der Waals surface area contributed by atoms with Crippen LogP contribution in [0.5, 0.6) is 0 Å². The topological polar surface area (TPSA) is 50.7 Å². The molecule has 2 aliphatic rings. The summed E-state index contributed by atoms with van der Waals surface area (Å²) in [7, 11) is 0. The zero-order valence-corrected chi connectivity index (χ0v) is 10.1. The van der Waals surface area contributed by atoms with E-state index in [2.05, 4.69) is 12.2 Å². The molecule has 2 N–H and O–H groups in total. The van der Waals surface area contributed by atoms with E-state index in [0.29, 0.717) is 31.7 Å². The van der Waals surface area contributed by atoms with Gasteiger partial charge < -0.3 is 19.9 Å². The second-order valence-electron chi connectivity index (χ2n) is 5.05. The molecule has 0 aromatic rings. The van der Waals surface area contributed by atoms with Gasteiger partial charge in [0.1, 0.15) is 5.60 Å². The summed E-state index contributed by atoms with van der Waals surface area (Å²) in [5.74, 6) is 0.607. The van der Waals surface area contributed by atoms with E-state index >= 15 is 0 Å². The van der Waals surface area contributed by atoms with Gasteiger partial charge in [0.2, 0.25) is 0 Å². The summed E-state index contributed by atoms with van der Waals surface area (Å²) in [5, 5.41) is 13.6. The average molecular weight is 229 g/mol. The van der Waals surface area contributed by atoms with Crippen LogP contribution in [0.4, 0.5) is 0 Å². The van der Waals surface area contributed by atoms with Crippen molar-refractivity contribution in [2.24, 2.45) is 5.92 Å². The van der Waals surface area contributed by atoms with Crippen LogP contribution in [0.2, 0.25) is 0 Å². The van der Waals surface area contributed by atoms with E-state index < -0.39 is 5.60 Å². The van der Waals surface area contributed by atoms with E-state index in [0.717, 1.165) is 32.5 Å². The van der Waals surface area contributed by atoms with Crippen LogP contribution in [0.3, 0.4) is 0 Å². The van der Waals surface area contributed by atoms with E-state index in [4.69, 9.17) is 9.47 Å². The molecule has 0 radical (unpaired) electrons. The summed E-state index contributed by atoms with van der Waals surface area (Å²) in [6.07, 6.45) is 2.98. The highest BCUT2D eigenvalue weighted by Gasteiger charge is 2.33. The zero-order chi connectivity index (χ0) is 11.4. The van der Waals surface area contributed by atoms with Crippen molar-refractivity contribution < 1.29 is 14.6 Å². The lowest BCUT2D eigenvalue weighted by Crippen LogP contribution is -2.47. The molecule has 94 valence electrons. The second kappa shape index (κ2) is 5.45. The van der Waals surface area contributed by atoms with Gasteiger partial charge in [-0.2, -0.15) is 0 Å². The minimum absolute atomic E-state index is 0.465. The highest BCUT2D eigenvalue weighted by atomic mass is 16.5. The Morgan fingerprint density at radius 2 is 2.31 bits per heavy atom. The lowest BCUT2D eigenvalue weighted by Gasteiger charge is -2.28. The minimum atomic E-state index is -0.646. The van der Waals surface area contributed by atoms with Crippen LogP contribution in [-0.2, 0) is 9.47 Å². The third-order valence-electron chi connectivity index (χ3n) is 3.75. The first-order valence-corrected chi connectivity index (χ1v) is 6.35. The third kappa shape index (κ3) is 2.94. The Balaban J connectivity index is 1.77. The zero-order valence-electron chi connectivity index (χ0n) is 10.1.